The molecule has 0 aliphatic rings. The Balaban J connectivity index is 2.14. The summed E-state index contributed by atoms with van der Waals surface area (Å²) in [4.78, 5) is 7.92. The molecule has 0 amide bonds. The van der Waals surface area contributed by atoms with Gasteiger partial charge in [-0.2, -0.15) is 15.5 Å². The average Bonchev–Trinajstić information content (AvgIpc) is 2.89. The molecule has 0 aliphatic carbocycles. The van der Waals surface area contributed by atoms with Gasteiger partial charge in [-0.1, -0.05) is 0 Å². The Morgan fingerprint density at radius 2 is 1.79 bits per heavy atom. The SMILES string of the molecule is [2H]/C(C#N)=C(/[2H])c1c([2H])c(C)c(Nc2nc(Nc3c([2H])c([2H])c(C#N)c([2H])c3[2H])nc([2H])c2[2H])c(C)c1[2H]. The monoisotopic (exact) mass is 376 g/mol. The summed E-state index contributed by atoms with van der Waals surface area (Å²) in [6.07, 6.45) is -0.567. The van der Waals surface area contributed by atoms with Crippen LogP contribution in [0.1, 0.15) is 36.0 Å². The van der Waals surface area contributed by atoms with E-state index in [1.165, 1.54) is 19.9 Å². The van der Waals surface area contributed by atoms with E-state index in [2.05, 4.69) is 20.6 Å². The fourth-order valence-electron chi connectivity index (χ4n) is 2.22. The van der Waals surface area contributed by atoms with Crippen molar-refractivity contribution >= 4 is 29.2 Å². The predicted octanol–water partition coefficient (Wildman–Crippen LogP) is 4.99. The lowest BCUT2D eigenvalue weighted by Crippen LogP contribution is -2.02. The normalized spacial score (nSPS) is 16.0. The van der Waals surface area contributed by atoms with Crippen molar-refractivity contribution in [2.24, 2.45) is 0 Å². The van der Waals surface area contributed by atoms with Gasteiger partial charge < -0.3 is 10.6 Å². The van der Waals surface area contributed by atoms with Gasteiger partial charge in [0.2, 0.25) is 5.95 Å². The van der Waals surface area contributed by atoms with E-state index < -0.39 is 54.1 Å². The Morgan fingerprint density at radius 1 is 1.07 bits per heavy atom. The lowest BCUT2D eigenvalue weighted by atomic mass is 10.0. The Morgan fingerprint density at radius 3 is 2.43 bits per heavy atom. The van der Waals surface area contributed by atoms with Gasteiger partial charge >= 0.3 is 0 Å². The van der Waals surface area contributed by atoms with Crippen LogP contribution in [-0.2, 0) is 0 Å². The van der Waals surface area contributed by atoms with E-state index in [-0.39, 0.29) is 51.9 Å². The van der Waals surface area contributed by atoms with Gasteiger partial charge in [-0.25, -0.2) is 4.98 Å². The van der Waals surface area contributed by atoms with Crippen LogP contribution in [0.5, 0.6) is 0 Å². The molecule has 0 spiro atoms. The molecule has 0 unspecified atom stereocenters. The molecule has 0 radical (unpaired) electrons. The van der Waals surface area contributed by atoms with Crippen molar-refractivity contribution in [3.8, 4) is 12.1 Å². The average molecular weight is 376 g/mol. The summed E-state index contributed by atoms with van der Waals surface area (Å²) < 4.78 is 80.7. The number of nitrogens with one attached hydrogen (secondary N) is 2. The minimum atomic E-state index is -0.706. The number of anilines is 4. The Bertz CT molecular complexity index is 1560. The minimum absolute atomic E-state index is 0.167. The lowest BCUT2D eigenvalue weighted by Gasteiger charge is -2.14. The van der Waals surface area contributed by atoms with Crippen LogP contribution in [0.2, 0.25) is 0 Å². The number of hydrogen-bond acceptors (Lipinski definition) is 6. The molecule has 136 valence electrons. The van der Waals surface area contributed by atoms with E-state index in [1.807, 2.05) is 0 Å². The first kappa shape index (κ1) is 9.68. The highest BCUT2D eigenvalue weighted by Gasteiger charge is 2.07. The molecule has 1 heterocycles. The third-order valence-electron chi connectivity index (χ3n) is 3.39. The van der Waals surface area contributed by atoms with Gasteiger partial charge in [0.15, 0.2) is 0 Å². The summed E-state index contributed by atoms with van der Waals surface area (Å²) in [5.74, 6) is -0.596. The molecular formula is C22H18N6. The molecule has 2 N–H and O–H groups in total. The zero-order valence-electron chi connectivity index (χ0n) is 24.8. The highest BCUT2D eigenvalue weighted by Crippen LogP contribution is 2.26. The second-order valence-corrected chi connectivity index (χ2v) is 5.36. The van der Waals surface area contributed by atoms with E-state index >= 15 is 0 Å². The van der Waals surface area contributed by atoms with Gasteiger partial charge in [0.05, 0.1) is 31.4 Å². The predicted molar refractivity (Wildman–Crippen MR) is 110 cm³/mol. The van der Waals surface area contributed by atoms with Gasteiger partial charge in [-0.05, 0) is 78.9 Å². The zero-order valence-corrected chi connectivity index (χ0v) is 14.8. The van der Waals surface area contributed by atoms with Crippen molar-refractivity contribution in [1.29, 1.82) is 10.5 Å². The number of aromatic nitrogens is 2. The maximum absolute atomic E-state index is 9.12. The molecule has 28 heavy (non-hydrogen) atoms. The second-order valence-electron chi connectivity index (χ2n) is 5.36. The van der Waals surface area contributed by atoms with Gasteiger partial charge in [0.1, 0.15) is 5.82 Å². The van der Waals surface area contributed by atoms with Gasteiger partial charge in [0.25, 0.3) is 0 Å². The summed E-state index contributed by atoms with van der Waals surface area (Å²) in [6.45, 7) is 2.99. The molecule has 6 heteroatoms. The van der Waals surface area contributed by atoms with Crippen LogP contribution < -0.4 is 10.6 Å². The van der Waals surface area contributed by atoms with Gasteiger partial charge in [-0.15, -0.1) is 0 Å². The van der Waals surface area contributed by atoms with Crippen molar-refractivity contribution < 1.29 is 13.7 Å². The fourth-order valence-corrected chi connectivity index (χ4v) is 2.22. The maximum atomic E-state index is 9.12. The smallest absolute Gasteiger partial charge is 0.229 e. The van der Waals surface area contributed by atoms with Gasteiger partial charge in [0, 0.05) is 23.6 Å². The van der Waals surface area contributed by atoms with E-state index in [4.69, 9.17) is 24.2 Å². The van der Waals surface area contributed by atoms with Crippen LogP contribution >= 0.6 is 0 Å². The molecule has 3 aromatic rings. The van der Waals surface area contributed by atoms with E-state index in [1.54, 1.807) is 6.07 Å². The van der Waals surface area contributed by atoms with Crippen LogP contribution in [0.25, 0.3) is 6.05 Å². The molecular weight excluding hydrogens is 348 g/mol. The molecule has 0 saturated carbocycles. The molecule has 1 aromatic heterocycles. The number of nitrogens with zero attached hydrogens (tertiary/aromatic N) is 4. The van der Waals surface area contributed by atoms with Gasteiger partial charge in [-0.3, -0.25) is 0 Å². The topological polar surface area (TPSA) is 97.4 Å². The molecule has 2 aromatic carbocycles. The molecule has 0 fully saturated rings. The highest BCUT2D eigenvalue weighted by atomic mass is 15.1. The summed E-state index contributed by atoms with van der Waals surface area (Å²) >= 11 is 0. The number of rotatable bonds is 5. The van der Waals surface area contributed by atoms with E-state index in [0.717, 1.165) is 0 Å². The quantitative estimate of drug-likeness (QED) is 0.609. The summed E-state index contributed by atoms with van der Waals surface area (Å²) in [6, 6.07) is -1.48. The summed E-state index contributed by atoms with van der Waals surface area (Å²) in [5, 5.41) is 23.4. The number of hydrogen-bond donors (Lipinski definition) is 2. The van der Waals surface area contributed by atoms with E-state index in [9.17, 15) is 0 Å². The van der Waals surface area contributed by atoms with Crippen LogP contribution in [0, 0.1) is 36.5 Å². The minimum Gasteiger partial charge on any atom is -0.340 e. The fraction of sp³-hybridized carbons (Fsp3) is 0.0909. The second kappa shape index (κ2) is 8.48. The maximum Gasteiger partial charge on any atom is 0.229 e. The molecule has 3 rings (SSSR count). The highest BCUT2D eigenvalue weighted by molar-refractivity contribution is 5.69. The molecule has 6 nitrogen and oxygen atoms in total. The largest absolute Gasteiger partial charge is 0.340 e. The van der Waals surface area contributed by atoms with E-state index in [0.29, 0.717) is 0 Å². The first-order valence-corrected chi connectivity index (χ1v) is 7.84. The summed E-state index contributed by atoms with van der Waals surface area (Å²) in [5.41, 5.74) is -0.399. The lowest BCUT2D eigenvalue weighted by molar-refractivity contribution is 1.16. The Labute approximate surface area is 177 Å². The van der Waals surface area contributed by atoms with Crippen molar-refractivity contribution in [2.75, 3.05) is 10.6 Å². The molecule has 0 bridgehead atoms. The standard InChI is InChI=1S/C22H18N6/c1-15-12-18(4-3-10-23)13-16(2)21(15)27-20-9-11-25-22(28-20)26-19-7-5-17(14-24)6-8-19/h3-9,11-13H,1-2H3,(H2,25,26,27,28)/b4-3+/i3D,4D,5D,6D,7D,8D,9D,11D,12D,13D. The number of nitriles is 2. The van der Waals surface area contributed by atoms with Crippen molar-refractivity contribution in [3.05, 3.63) is 76.8 Å². The van der Waals surface area contributed by atoms with Crippen LogP contribution in [-0.4, -0.2) is 9.97 Å². The number of benzene rings is 2. The molecule has 0 aliphatic heterocycles. The summed E-state index contributed by atoms with van der Waals surface area (Å²) in [7, 11) is 0. The third-order valence-corrected chi connectivity index (χ3v) is 3.39. The first-order chi connectivity index (χ1) is 17.8. The first-order valence-electron chi connectivity index (χ1n) is 12.8. The number of allylic oxidation sites excluding steroid dienone is 1. The Kier molecular flexibility index (Phi) is 2.93. The van der Waals surface area contributed by atoms with Crippen molar-refractivity contribution in [2.45, 2.75) is 13.8 Å². The van der Waals surface area contributed by atoms with Crippen molar-refractivity contribution in [3.63, 3.8) is 0 Å². The van der Waals surface area contributed by atoms with Crippen LogP contribution in [0.3, 0.4) is 0 Å². The Hall–Kier alpha value is -4.16. The van der Waals surface area contributed by atoms with Crippen molar-refractivity contribution in [1.82, 2.24) is 9.97 Å². The zero-order chi connectivity index (χ0) is 28.6. The van der Waals surface area contributed by atoms with Crippen LogP contribution in [0.4, 0.5) is 23.1 Å². The molecule has 0 saturated heterocycles. The van der Waals surface area contributed by atoms with Crippen LogP contribution in [0.15, 0.2) is 54.5 Å². The third kappa shape index (κ3) is 4.51. The molecule has 0 atom stereocenters.